The van der Waals surface area contributed by atoms with Gasteiger partial charge in [0.05, 0.1) is 24.7 Å². The first-order chi connectivity index (χ1) is 7.79. The van der Waals surface area contributed by atoms with Gasteiger partial charge in [-0.2, -0.15) is 0 Å². The third kappa shape index (κ3) is 4.58. The molecule has 0 aromatic heterocycles. The van der Waals surface area contributed by atoms with Crippen LogP contribution in [0.1, 0.15) is 33.1 Å². The van der Waals surface area contributed by atoms with Gasteiger partial charge in [0.25, 0.3) is 0 Å². The summed E-state index contributed by atoms with van der Waals surface area (Å²) in [5.41, 5.74) is 0. The second kappa shape index (κ2) is 8.29. The predicted octanol–water partition coefficient (Wildman–Crippen LogP) is 2.60. The van der Waals surface area contributed by atoms with Crippen LogP contribution in [0.4, 0.5) is 0 Å². The van der Waals surface area contributed by atoms with Crippen molar-refractivity contribution in [3.63, 3.8) is 0 Å². The summed E-state index contributed by atoms with van der Waals surface area (Å²) in [7, 11) is 0. The van der Waals surface area contributed by atoms with Gasteiger partial charge in [0.15, 0.2) is 0 Å². The van der Waals surface area contributed by atoms with Gasteiger partial charge in [-0.15, -0.1) is 11.6 Å². The molecule has 16 heavy (non-hydrogen) atoms. The van der Waals surface area contributed by atoms with E-state index in [-0.39, 0.29) is 17.6 Å². The van der Waals surface area contributed by atoms with E-state index in [4.69, 9.17) is 25.8 Å². The molecule has 0 N–H and O–H groups in total. The Labute approximate surface area is 103 Å². The Morgan fingerprint density at radius 2 is 1.94 bits per heavy atom. The lowest BCUT2D eigenvalue weighted by Gasteiger charge is -2.40. The lowest BCUT2D eigenvalue weighted by atomic mass is 9.91. The molecule has 3 nitrogen and oxygen atoms in total. The molecule has 0 heterocycles. The van der Waals surface area contributed by atoms with Gasteiger partial charge >= 0.3 is 0 Å². The third-order valence-electron chi connectivity index (χ3n) is 2.74. The van der Waals surface area contributed by atoms with Crippen molar-refractivity contribution in [2.24, 2.45) is 0 Å². The molecule has 0 bridgehead atoms. The van der Waals surface area contributed by atoms with E-state index in [1.807, 2.05) is 6.92 Å². The molecule has 3 unspecified atom stereocenters. The standard InChI is InChI=1S/C12H23ClO3/c1-3-5-6-14-7-8-16-11-9-10(13)12(11)15-4-2/h10-12H,3-9H2,1-2H3. The largest absolute Gasteiger partial charge is 0.379 e. The summed E-state index contributed by atoms with van der Waals surface area (Å²) in [6.45, 7) is 6.97. The Morgan fingerprint density at radius 1 is 1.12 bits per heavy atom. The van der Waals surface area contributed by atoms with Gasteiger partial charge in [0.2, 0.25) is 0 Å². The average molecular weight is 251 g/mol. The van der Waals surface area contributed by atoms with Crippen molar-refractivity contribution in [1.82, 2.24) is 0 Å². The van der Waals surface area contributed by atoms with Gasteiger partial charge < -0.3 is 14.2 Å². The van der Waals surface area contributed by atoms with Gasteiger partial charge in [-0.3, -0.25) is 0 Å². The van der Waals surface area contributed by atoms with E-state index in [0.717, 1.165) is 19.4 Å². The third-order valence-corrected chi connectivity index (χ3v) is 3.17. The fourth-order valence-electron chi connectivity index (χ4n) is 1.70. The van der Waals surface area contributed by atoms with E-state index >= 15 is 0 Å². The molecule has 0 spiro atoms. The minimum atomic E-state index is 0.0716. The summed E-state index contributed by atoms with van der Waals surface area (Å²) in [4.78, 5) is 0. The molecule has 1 rings (SSSR count). The number of unbranched alkanes of at least 4 members (excludes halogenated alkanes) is 1. The van der Waals surface area contributed by atoms with Crippen molar-refractivity contribution < 1.29 is 14.2 Å². The maximum atomic E-state index is 6.03. The zero-order chi connectivity index (χ0) is 11.8. The number of halogens is 1. The first-order valence-corrected chi connectivity index (χ1v) is 6.68. The summed E-state index contributed by atoms with van der Waals surface area (Å²) >= 11 is 6.03. The quantitative estimate of drug-likeness (QED) is 0.465. The van der Waals surface area contributed by atoms with Crippen molar-refractivity contribution in [3.8, 4) is 0 Å². The highest BCUT2D eigenvalue weighted by Crippen LogP contribution is 2.31. The van der Waals surface area contributed by atoms with Gasteiger partial charge in [-0.25, -0.2) is 0 Å². The first kappa shape index (κ1) is 14.2. The molecule has 0 radical (unpaired) electrons. The average Bonchev–Trinajstić information content (AvgIpc) is 2.29. The Kier molecular flexibility index (Phi) is 7.37. The number of hydrogen-bond donors (Lipinski definition) is 0. The summed E-state index contributed by atoms with van der Waals surface area (Å²) in [5.74, 6) is 0. The highest BCUT2D eigenvalue weighted by Gasteiger charge is 2.41. The van der Waals surface area contributed by atoms with E-state index in [2.05, 4.69) is 6.92 Å². The summed E-state index contributed by atoms with van der Waals surface area (Å²) in [5, 5.41) is 0.117. The zero-order valence-electron chi connectivity index (χ0n) is 10.3. The van der Waals surface area contributed by atoms with Crippen LogP contribution in [0.5, 0.6) is 0 Å². The van der Waals surface area contributed by atoms with E-state index in [1.54, 1.807) is 0 Å². The van der Waals surface area contributed by atoms with E-state index in [0.29, 0.717) is 19.8 Å². The summed E-state index contributed by atoms with van der Waals surface area (Å²) in [6.07, 6.45) is 3.42. The second-order valence-electron chi connectivity index (χ2n) is 4.05. The number of alkyl halides is 1. The van der Waals surface area contributed by atoms with Crippen LogP contribution in [-0.2, 0) is 14.2 Å². The molecule has 0 amide bonds. The molecule has 1 aliphatic rings. The summed E-state index contributed by atoms with van der Waals surface area (Å²) in [6, 6.07) is 0. The Balaban J connectivity index is 1.96. The molecule has 0 aromatic rings. The molecule has 0 aliphatic heterocycles. The van der Waals surface area contributed by atoms with Crippen molar-refractivity contribution in [2.75, 3.05) is 26.4 Å². The van der Waals surface area contributed by atoms with Crippen LogP contribution in [0.25, 0.3) is 0 Å². The molecule has 0 aromatic carbocycles. The highest BCUT2D eigenvalue weighted by atomic mass is 35.5. The minimum absolute atomic E-state index is 0.0716. The molecule has 3 atom stereocenters. The van der Waals surface area contributed by atoms with Crippen LogP contribution >= 0.6 is 11.6 Å². The van der Waals surface area contributed by atoms with E-state index in [9.17, 15) is 0 Å². The van der Waals surface area contributed by atoms with Crippen LogP contribution in [0, 0.1) is 0 Å². The predicted molar refractivity (Wildman–Crippen MR) is 65.1 cm³/mol. The lowest BCUT2D eigenvalue weighted by Crippen LogP contribution is -2.51. The van der Waals surface area contributed by atoms with Crippen LogP contribution in [-0.4, -0.2) is 44.0 Å². The fourth-order valence-corrected chi connectivity index (χ4v) is 2.11. The highest BCUT2D eigenvalue weighted by molar-refractivity contribution is 6.21. The molecule has 0 saturated heterocycles. The van der Waals surface area contributed by atoms with E-state index < -0.39 is 0 Å². The SMILES string of the molecule is CCCCOCCOC1CC(Cl)C1OCC. The topological polar surface area (TPSA) is 27.7 Å². The van der Waals surface area contributed by atoms with Crippen molar-refractivity contribution in [1.29, 1.82) is 0 Å². The number of ether oxygens (including phenoxy) is 3. The normalized spacial score (nSPS) is 29.1. The first-order valence-electron chi connectivity index (χ1n) is 6.24. The molecular formula is C12H23ClO3. The van der Waals surface area contributed by atoms with Crippen LogP contribution in [0.3, 0.4) is 0 Å². The lowest BCUT2D eigenvalue weighted by molar-refractivity contribution is -0.129. The van der Waals surface area contributed by atoms with Gasteiger partial charge in [0, 0.05) is 13.2 Å². The molecule has 4 heteroatoms. The zero-order valence-corrected chi connectivity index (χ0v) is 11.0. The molecule has 1 aliphatic carbocycles. The minimum Gasteiger partial charge on any atom is -0.379 e. The van der Waals surface area contributed by atoms with Gasteiger partial charge in [-0.1, -0.05) is 13.3 Å². The molecule has 96 valence electrons. The Morgan fingerprint density at radius 3 is 2.56 bits per heavy atom. The fraction of sp³-hybridized carbons (Fsp3) is 1.00. The molecular weight excluding hydrogens is 228 g/mol. The van der Waals surface area contributed by atoms with Crippen LogP contribution < -0.4 is 0 Å². The van der Waals surface area contributed by atoms with Crippen molar-refractivity contribution in [2.45, 2.75) is 50.7 Å². The van der Waals surface area contributed by atoms with Crippen molar-refractivity contribution in [3.05, 3.63) is 0 Å². The van der Waals surface area contributed by atoms with Crippen molar-refractivity contribution >= 4 is 11.6 Å². The van der Waals surface area contributed by atoms with Crippen LogP contribution in [0.2, 0.25) is 0 Å². The van der Waals surface area contributed by atoms with Gasteiger partial charge in [-0.05, 0) is 19.8 Å². The number of hydrogen-bond acceptors (Lipinski definition) is 3. The maximum absolute atomic E-state index is 6.03. The summed E-state index contributed by atoms with van der Waals surface area (Å²) < 4.78 is 16.6. The smallest absolute Gasteiger partial charge is 0.100 e. The Hall–Kier alpha value is 0.170. The second-order valence-corrected chi connectivity index (χ2v) is 4.61. The molecule has 1 saturated carbocycles. The monoisotopic (exact) mass is 250 g/mol. The Bertz CT molecular complexity index is 178. The molecule has 1 fully saturated rings. The van der Waals surface area contributed by atoms with Crippen LogP contribution in [0.15, 0.2) is 0 Å². The van der Waals surface area contributed by atoms with E-state index in [1.165, 1.54) is 6.42 Å². The number of rotatable bonds is 9. The van der Waals surface area contributed by atoms with Gasteiger partial charge in [0.1, 0.15) is 6.10 Å². The maximum Gasteiger partial charge on any atom is 0.100 e.